The van der Waals surface area contributed by atoms with Crippen LogP contribution in [0.15, 0.2) is 42.5 Å². The minimum absolute atomic E-state index is 0.00295. The molecule has 0 radical (unpaired) electrons. The molecule has 6 heteroatoms. The molecule has 0 aromatic heterocycles. The fourth-order valence-corrected chi connectivity index (χ4v) is 4.57. The molecule has 1 fully saturated rings. The molecule has 1 saturated heterocycles. The molecule has 2 aromatic rings. The van der Waals surface area contributed by atoms with E-state index in [-0.39, 0.29) is 28.3 Å². The summed E-state index contributed by atoms with van der Waals surface area (Å²) in [5, 5.41) is 7.09. The zero-order chi connectivity index (χ0) is 21.4. The Kier molecular flexibility index (Phi) is 6.28. The maximum Gasteiger partial charge on any atom is 0.232 e. The Labute approximate surface area is 182 Å². The van der Waals surface area contributed by atoms with Gasteiger partial charge in [0.15, 0.2) is 0 Å². The number of nitrogens with one attached hydrogen (secondary N) is 2. The maximum absolute atomic E-state index is 14.9. The lowest BCUT2D eigenvalue weighted by Crippen LogP contribution is -2.47. The SMILES string of the molecule is CC(C)(C)CC1NCC(c2cccc(Cl)c2F)C1(C)C(=O)Nc1cccc(Cl)c1. The van der Waals surface area contributed by atoms with Crippen LogP contribution in [0.5, 0.6) is 0 Å². The predicted octanol–water partition coefficient (Wildman–Crippen LogP) is 6.27. The van der Waals surface area contributed by atoms with Gasteiger partial charge in [-0.3, -0.25) is 4.79 Å². The fraction of sp³-hybridized carbons (Fsp3) is 0.435. The number of anilines is 1. The largest absolute Gasteiger partial charge is 0.325 e. The first-order chi connectivity index (χ1) is 13.5. The van der Waals surface area contributed by atoms with Crippen LogP contribution in [0.25, 0.3) is 0 Å². The topological polar surface area (TPSA) is 41.1 Å². The first kappa shape index (κ1) is 22.1. The quantitative estimate of drug-likeness (QED) is 0.592. The van der Waals surface area contributed by atoms with Gasteiger partial charge in [0.25, 0.3) is 0 Å². The van der Waals surface area contributed by atoms with Crippen molar-refractivity contribution >= 4 is 34.8 Å². The molecule has 0 aliphatic carbocycles. The van der Waals surface area contributed by atoms with Crippen molar-refractivity contribution in [3.05, 3.63) is 63.9 Å². The number of hydrogen-bond donors (Lipinski definition) is 2. The molecule has 3 nitrogen and oxygen atoms in total. The lowest BCUT2D eigenvalue weighted by atomic mass is 9.67. The average Bonchev–Trinajstić information content (AvgIpc) is 2.93. The molecule has 0 bridgehead atoms. The predicted molar refractivity (Wildman–Crippen MR) is 118 cm³/mol. The number of benzene rings is 2. The van der Waals surface area contributed by atoms with Crippen LogP contribution in [0.4, 0.5) is 10.1 Å². The molecule has 1 amide bonds. The summed E-state index contributed by atoms with van der Waals surface area (Å²) in [6.45, 7) is 8.82. The zero-order valence-electron chi connectivity index (χ0n) is 17.2. The van der Waals surface area contributed by atoms with Crippen LogP contribution in [0, 0.1) is 16.6 Å². The van der Waals surface area contributed by atoms with Gasteiger partial charge in [0.2, 0.25) is 5.91 Å². The van der Waals surface area contributed by atoms with E-state index in [1.807, 2.05) is 6.92 Å². The number of carbonyl (C=O) groups is 1. The molecule has 156 valence electrons. The highest BCUT2D eigenvalue weighted by molar-refractivity contribution is 6.31. The summed E-state index contributed by atoms with van der Waals surface area (Å²) >= 11 is 12.1. The highest BCUT2D eigenvalue weighted by Gasteiger charge is 2.54. The van der Waals surface area contributed by atoms with Crippen LogP contribution < -0.4 is 10.6 Å². The molecule has 2 aromatic carbocycles. The number of carbonyl (C=O) groups excluding carboxylic acids is 1. The highest BCUT2D eigenvalue weighted by Crippen LogP contribution is 2.48. The van der Waals surface area contributed by atoms with Crippen LogP contribution >= 0.6 is 23.2 Å². The molecule has 3 unspecified atom stereocenters. The molecule has 3 rings (SSSR count). The normalized spacial score (nSPS) is 24.5. The van der Waals surface area contributed by atoms with Gasteiger partial charge in [0, 0.05) is 29.2 Å². The van der Waals surface area contributed by atoms with Gasteiger partial charge >= 0.3 is 0 Å². The van der Waals surface area contributed by atoms with E-state index in [4.69, 9.17) is 23.2 Å². The van der Waals surface area contributed by atoms with Crippen molar-refractivity contribution in [2.45, 2.75) is 46.1 Å². The smallest absolute Gasteiger partial charge is 0.232 e. The summed E-state index contributed by atoms with van der Waals surface area (Å²) in [6.07, 6.45) is 0.769. The van der Waals surface area contributed by atoms with Gasteiger partial charge in [-0.15, -0.1) is 0 Å². The first-order valence-corrected chi connectivity index (χ1v) is 10.5. The highest BCUT2D eigenvalue weighted by atomic mass is 35.5. The Balaban J connectivity index is 2.02. The maximum atomic E-state index is 14.9. The van der Waals surface area contributed by atoms with E-state index in [1.165, 1.54) is 6.07 Å². The molecule has 1 aliphatic heterocycles. The van der Waals surface area contributed by atoms with Crippen molar-refractivity contribution in [1.29, 1.82) is 0 Å². The zero-order valence-corrected chi connectivity index (χ0v) is 18.7. The number of halogens is 3. The van der Waals surface area contributed by atoms with Gasteiger partial charge in [0.05, 0.1) is 10.4 Å². The minimum Gasteiger partial charge on any atom is -0.325 e. The number of rotatable bonds is 4. The Morgan fingerprint density at radius 1 is 1.24 bits per heavy atom. The van der Waals surface area contributed by atoms with Crippen molar-refractivity contribution < 1.29 is 9.18 Å². The summed E-state index contributed by atoms with van der Waals surface area (Å²) in [6, 6.07) is 11.9. The van der Waals surface area contributed by atoms with Gasteiger partial charge in [-0.05, 0) is 48.6 Å². The minimum atomic E-state index is -0.874. The van der Waals surface area contributed by atoms with Crippen molar-refractivity contribution in [2.75, 3.05) is 11.9 Å². The van der Waals surface area contributed by atoms with E-state index in [9.17, 15) is 9.18 Å². The molecule has 29 heavy (non-hydrogen) atoms. The summed E-state index contributed by atoms with van der Waals surface area (Å²) < 4.78 is 14.9. The monoisotopic (exact) mass is 436 g/mol. The second-order valence-corrected chi connectivity index (χ2v) is 10.0. The average molecular weight is 437 g/mol. The van der Waals surface area contributed by atoms with E-state index in [0.29, 0.717) is 22.8 Å². The lowest BCUT2D eigenvalue weighted by molar-refractivity contribution is -0.126. The van der Waals surface area contributed by atoms with Crippen molar-refractivity contribution in [2.24, 2.45) is 10.8 Å². The second kappa shape index (κ2) is 8.25. The molecular weight excluding hydrogens is 410 g/mol. The molecule has 1 aliphatic rings. The molecule has 0 spiro atoms. The lowest BCUT2D eigenvalue weighted by Gasteiger charge is -2.37. The van der Waals surface area contributed by atoms with E-state index < -0.39 is 11.2 Å². The molecular formula is C23H27Cl2FN2O. The van der Waals surface area contributed by atoms with Gasteiger partial charge in [-0.1, -0.05) is 62.2 Å². The van der Waals surface area contributed by atoms with Gasteiger partial charge in [-0.25, -0.2) is 4.39 Å². The van der Waals surface area contributed by atoms with Crippen LogP contribution in [0.3, 0.4) is 0 Å². The van der Waals surface area contributed by atoms with Crippen LogP contribution in [0.2, 0.25) is 10.0 Å². The van der Waals surface area contributed by atoms with E-state index >= 15 is 0 Å². The number of amides is 1. The summed E-state index contributed by atoms with van der Waals surface area (Å²) in [4.78, 5) is 13.6. The van der Waals surface area contributed by atoms with Crippen molar-refractivity contribution in [3.63, 3.8) is 0 Å². The van der Waals surface area contributed by atoms with E-state index in [2.05, 4.69) is 31.4 Å². The van der Waals surface area contributed by atoms with Crippen LogP contribution in [0.1, 0.15) is 45.6 Å². The van der Waals surface area contributed by atoms with Crippen molar-refractivity contribution in [3.8, 4) is 0 Å². The number of hydrogen-bond acceptors (Lipinski definition) is 2. The van der Waals surface area contributed by atoms with Crippen LogP contribution in [-0.4, -0.2) is 18.5 Å². The van der Waals surface area contributed by atoms with Crippen molar-refractivity contribution in [1.82, 2.24) is 5.32 Å². The summed E-state index contributed by atoms with van der Waals surface area (Å²) in [7, 11) is 0. The molecule has 1 heterocycles. The third-order valence-electron chi connectivity index (χ3n) is 5.76. The van der Waals surface area contributed by atoms with E-state index in [0.717, 1.165) is 6.42 Å². The Hall–Kier alpha value is -1.62. The standard InChI is InChI=1S/C23H27Cl2FN2O/c1-22(2,3)12-19-23(4,21(29)28-15-8-5-7-14(24)11-15)17(13-27-19)16-9-6-10-18(25)20(16)26/h5-11,17,19,27H,12-13H2,1-4H3,(H,28,29). The van der Waals surface area contributed by atoms with Gasteiger partial charge < -0.3 is 10.6 Å². The Bertz CT molecular complexity index is 912. The molecule has 3 atom stereocenters. The first-order valence-electron chi connectivity index (χ1n) is 9.76. The summed E-state index contributed by atoms with van der Waals surface area (Å²) in [5.41, 5.74) is 0.207. The third kappa shape index (κ3) is 4.60. The van der Waals surface area contributed by atoms with Gasteiger partial charge in [0.1, 0.15) is 5.82 Å². The van der Waals surface area contributed by atoms with E-state index in [1.54, 1.807) is 36.4 Å². The second-order valence-electron chi connectivity index (χ2n) is 9.17. The van der Waals surface area contributed by atoms with Gasteiger partial charge in [-0.2, -0.15) is 0 Å². The molecule has 2 N–H and O–H groups in total. The fourth-order valence-electron chi connectivity index (χ4n) is 4.19. The molecule has 0 saturated carbocycles. The Morgan fingerprint density at radius 3 is 2.59 bits per heavy atom. The summed E-state index contributed by atoms with van der Waals surface area (Å²) in [5.74, 6) is -0.977. The third-order valence-corrected chi connectivity index (χ3v) is 6.29. The van der Waals surface area contributed by atoms with Crippen LogP contribution in [-0.2, 0) is 4.79 Å². The Morgan fingerprint density at radius 2 is 1.93 bits per heavy atom.